The minimum atomic E-state index is 0.444. The molecule has 0 saturated heterocycles. The number of methoxy groups -OCH3 is 1. The van der Waals surface area contributed by atoms with Crippen LogP contribution < -0.4 is 9.64 Å². The summed E-state index contributed by atoms with van der Waals surface area (Å²) >= 11 is 5.38. The maximum Gasteiger partial charge on any atom is 0.291 e. The van der Waals surface area contributed by atoms with E-state index in [4.69, 9.17) is 21.4 Å². The summed E-state index contributed by atoms with van der Waals surface area (Å²) in [6.45, 7) is 2.82. The Morgan fingerprint density at radius 3 is 2.69 bits per heavy atom. The molecule has 134 valence electrons. The molecule has 0 bridgehead atoms. The van der Waals surface area contributed by atoms with Crippen molar-refractivity contribution in [2.75, 3.05) is 13.7 Å². The van der Waals surface area contributed by atoms with Crippen molar-refractivity contribution in [2.45, 2.75) is 26.1 Å². The van der Waals surface area contributed by atoms with E-state index in [0.29, 0.717) is 17.1 Å². The number of aromatic nitrogens is 2. The van der Waals surface area contributed by atoms with E-state index >= 15 is 0 Å². The third kappa shape index (κ3) is 3.71. The fourth-order valence-corrected chi connectivity index (χ4v) is 3.63. The molecule has 1 atom stereocenters. The van der Waals surface area contributed by atoms with E-state index in [1.165, 1.54) is 16.0 Å². The summed E-state index contributed by atoms with van der Waals surface area (Å²) in [7, 11) is 1.66. The summed E-state index contributed by atoms with van der Waals surface area (Å²) in [5.74, 6) is 1.49. The van der Waals surface area contributed by atoms with E-state index in [1.54, 1.807) is 7.11 Å². The van der Waals surface area contributed by atoms with Gasteiger partial charge >= 0.3 is 0 Å². The number of nitrogens with one attached hydrogen (secondary N) is 1. The van der Waals surface area contributed by atoms with Crippen molar-refractivity contribution in [1.82, 2.24) is 9.78 Å². The molecular weight excluding hydrogens is 346 g/mol. The standard InChI is InChI=1S/C20H21N3O2S/c1-24-18-8-6-15(7-9-18)12-19-21-23(20(26)25-19)14-22-11-10-16-4-2-3-5-17(16)13-22/h2-9H,10-14H2,1H3/p+1. The average Bonchev–Trinajstić information content (AvgIpc) is 3.01. The van der Waals surface area contributed by atoms with Gasteiger partial charge in [0.15, 0.2) is 6.67 Å². The number of nitrogens with zero attached hydrogens (tertiary/aromatic N) is 2. The van der Waals surface area contributed by atoms with Gasteiger partial charge in [0.2, 0.25) is 5.89 Å². The quantitative estimate of drug-likeness (QED) is 0.703. The molecule has 0 saturated carbocycles. The first-order valence-corrected chi connectivity index (χ1v) is 9.22. The van der Waals surface area contributed by atoms with Gasteiger partial charge in [-0.3, -0.25) is 0 Å². The summed E-state index contributed by atoms with van der Waals surface area (Å²) in [6.07, 6.45) is 1.72. The molecule has 0 amide bonds. The number of ether oxygens (including phenoxy) is 1. The van der Waals surface area contributed by atoms with Crippen molar-refractivity contribution in [3.63, 3.8) is 0 Å². The topological polar surface area (TPSA) is 44.6 Å². The lowest BCUT2D eigenvalue weighted by Gasteiger charge is -2.25. The van der Waals surface area contributed by atoms with Gasteiger partial charge in [-0.25, -0.2) is 0 Å². The molecule has 0 aliphatic carbocycles. The number of quaternary nitrogens is 1. The Labute approximate surface area is 157 Å². The van der Waals surface area contributed by atoms with Crippen molar-refractivity contribution in [1.29, 1.82) is 0 Å². The molecule has 5 nitrogen and oxygen atoms in total. The van der Waals surface area contributed by atoms with E-state index in [9.17, 15) is 0 Å². The Hall–Kier alpha value is -2.44. The third-order valence-corrected chi connectivity index (χ3v) is 5.14. The zero-order valence-corrected chi connectivity index (χ0v) is 15.6. The summed E-state index contributed by atoms with van der Waals surface area (Å²) < 4.78 is 12.7. The number of fused-ring (bicyclic) bond motifs is 1. The molecule has 3 aromatic rings. The lowest BCUT2D eigenvalue weighted by atomic mass is 10.0. The number of benzene rings is 2. The second kappa shape index (κ2) is 7.43. The predicted molar refractivity (Wildman–Crippen MR) is 101 cm³/mol. The highest BCUT2D eigenvalue weighted by molar-refractivity contribution is 7.71. The Balaban J connectivity index is 1.44. The van der Waals surface area contributed by atoms with Crippen LogP contribution in [0.15, 0.2) is 52.9 Å². The van der Waals surface area contributed by atoms with Crippen molar-refractivity contribution in [3.05, 3.63) is 75.9 Å². The second-order valence-corrected chi connectivity index (χ2v) is 6.99. The van der Waals surface area contributed by atoms with E-state index in [2.05, 4.69) is 29.4 Å². The zero-order valence-electron chi connectivity index (χ0n) is 14.8. The molecular formula is C20H22N3O2S+. The number of hydrogen-bond donors (Lipinski definition) is 1. The Kier molecular flexibility index (Phi) is 4.86. The maximum atomic E-state index is 5.71. The summed E-state index contributed by atoms with van der Waals surface area (Å²) in [6, 6.07) is 16.6. The van der Waals surface area contributed by atoms with Crippen LogP contribution in [-0.2, 0) is 26.1 Å². The molecule has 1 aliphatic rings. The first kappa shape index (κ1) is 17.0. The highest BCUT2D eigenvalue weighted by atomic mass is 32.1. The van der Waals surface area contributed by atoms with E-state index in [-0.39, 0.29) is 0 Å². The van der Waals surface area contributed by atoms with Gasteiger partial charge in [0, 0.05) is 12.0 Å². The SMILES string of the molecule is COc1ccc(Cc2nn(C[NH+]3CCc4ccccc4C3)c(=S)o2)cc1. The normalized spacial score (nSPS) is 16.3. The highest BCUT2D eigenvalue weighted by Gasteiger charge is 2.20. The minimum Gasteiger partial charge on any atom is -0.497 e. The van der Waals surface area contributed by atoms with Crippen LogP contribution in [0.1, 0.15) is 22.6 Å². The van der Waals surface area contributed by atoms with Crippen LogP contribution in [0.4, 0.5) is 0 Å². The predicted octanol–water partition coefficient (Wildman–Crippen LogP) is 2.40. The van der Waals surface area contributed by atoms with Crippen molar-refractivity contribution >= 4 is 12.2 Å². The molecule has 4 rings (SSSR count). The van der Waals surface area contributed by atoms with Crippen LogP contribution in [0.2, 0.25) is 0 Å². The lowest BCUT2D eigenvalue weighted by molar-refractivity contribution is -0.939. The monoisotopic (exact) mass is 368 g/mol. The van der Waals surface area contributed by atoms with Crippen molar-refractivity contribution < 1.29 is 14.1 Å². The Morgan fingerprint density at radius 2 is 1.92 bits per heavy atom. The van der Waals surface area contributed by atoms with E-state index < -0.39 is 0 Å². The molecule has 0 spiro atoms. The number of rotatable bonds is 5. The van der Waals surface area contributed by atoms with Gasteiger partial charge in [0.25, 0.3) is 4.84 Å². The largest absolute Gasteiger partial charge is 0.497 e. The number of hydrogen-bond acceptors (Lipinski definition) is 4. The van der Waals surface area contributed by atoms with Gasteiger partial charge in [-0.2, -0.15) is 4.68 Å². The van der Waals surface area contributed by atoms with Gasteiger partial charge in [0.1, 0.15) is 12.3 Å². The summed E-state index contributed by atoms with van der Waals surface area (Å²) in [5.41, 5.74) is 4.00. The van der Waals surface area contributed by atoms with Crippen molar-refractivity contribution in [2.24, 2.45) is 0 Å². The van der Waals surface area contributed by atoms with Gasteiger partial charge in [0.05, 0.1) is 20.1 Å². The third-order valence-electron chi connectivity index (χ3n) is 4.84. The molecule has 2 aromatic carbocycles. The first-order valence-electron chi connectivity index (χ1n) is 8.81. The molecule has 0 fully saturated rings. The smallest absolute Gasteiger partial charge is 0.291 e. The first-order chi connectivity index (χ1) is 12.7. The second-order valence-electron chi connectivity index (χ2n) is 6.64. The fourth-order valence-electron chi connectivity index (χ4n) is 3.43. The minimum absolute atomic E-state index is 0.444. The van der Waals surface area contributed by atoms with Crippen LogP contribution >= 0.6 is 12.2 Å². The van der Waals surface area contributed by atoms with Gasteiger partial charge < -0.3 is 14.1 Å². The van der Waals surface area contributed by atoms with E-state index in [0.717, 1.165) is 37.5 Å². The van der Waals surface area contributed by atoms with Gasteiger partial charge in [-0.1, -0.05) is 36.4 Å². The Morgan fingerprint density at radius 1 is 1.15 bits per heavy atom. The van der Waals surface area contributed by atoms with Gasteiger partial charge in [-0.05, 0) is 35.5 Å². The van der Waals surface area contributed by atoms with Crippen LogP contribution in [0, 0.1) is 4.84 Å². The fraction of sp³-hybridized carbons (Fsp3) is 0.300. The van der Waals surface area contributed by atoms with Gasteiger partial charge in [-0.15, -0.1) is 5.10 Å². The molecule has 1 N–H and O–H groups in total. The maximum absolute atomic E-state index is 5.71. The average molecular weight is 368 g/mol. The van der Waals surface area contributed by atoms with Crippen LogP contribution in [-0.4, -0.2) is 23.4 Å². The van der Waals surface area contributed by atoms with Crippen molar-refractivity contribution in [3.8, 4) is 5.75 Å². The van der Waals surface area contributed by atoms with Crippen LogP contribution in [0.3, 0.4) is 0 Å². The molecule has 2 heterocycles. The zero-order chi connectivity index (χ0) is 17.9. The summed E-state index contributed by atoms with van der Waals surface area (Å²) in [4.78, 5) is 1.89. The highest BCUT2D eigenvalue weighted by Crippen LogP contribution is 2.14. The Bertz CT molecular complexity index is 946. The van der Waals surface area contributed by atoms with E-state index in [1.807, 2.05) is 28.9 Å². The molecule has 6 heteroatoms. The molecule has 1 unspecified atom stereocenters. The van der Waals surface area contributed by atoms with Crippen LogP contribution in [0.5, 0.6) is 5.75 Å². The molecule has 26 heavy (non-hydrogen) atoms. The molecule has 1 aliphatic heterocycles. The molecule has 1 aromatic heterocycles. The lowest BCUT2D eigenvalue weighted by Crippen LogP contribution is -3.11. The van der Waals surface area contributed by atoms with Crippen LogP contribution in [0.25, 0.3) is 0 Å². The molecule has 0 radical (unpaired) electrons. The summed E-state index contributed by atoms with van der Waals surface area (Å²) in [5, 5.41) is 4.59.